The summed E-state index contributed by atoms with van der Waals surface area (Å²) in [6, 6.07) is 13.1. The fourth-order valence-electron chi connectivity index (χ4n) is 2.39. The van der Waals surface area contributed by atoms with Crippen LogP contribution in [0.15, 0.2) is 54.7 Å². The standard InChI is InChI=1S/C19H24N4O3.ClH/c1-13(20)18(25)23-16(11-14-7-3-2-4-8-14)17(24)19(26)22-12-15-9-5-6-10-21-15;/h2-10,13,16-17,24H,11-12,20H2,1H3,(H,22,26)(H,23,25);1H/t13-,16?,17?;/m1./s1. The number of hydrogen-bond acceptors (Lipinski definition) is 5. The summed E-state index contributed by atoms with van der Waals surface area (Å²) in [5, 5.41) is 15.7. The van der Waals surface area contributed by atoms with Crippen molar-refractivity contribution in [2.45, 2.75) is 38.1 Å². The Hall–Kier alpha value is -2.48. The largest absolute Gasteiger partial charge is 0.381 e. The highest BCUT2D eigenvalue weighted by Crippen LogP contribution is 2.07. The summed E-state index contributed by atoms with van der Waals surface area (Å²) < 4.78 is 0. The normalized spacial score (nSPS) is 13.6. The number of aliphatic hydroxyl groups is 1. The van der Waals surface area contributed by atoms with Crippen molar-refractivity contribution in [3.8, 4) is 0 Å². The summed E-state index contributed by atoms with van der Waals surface area (Å²) in [5.41, 5.74) is 7.15. The molecule has 1 aromatic heterocycles. The van der Waals surface area contributed by atoms with Crippen LogP contribution in [0.3, 0.4) is 0 Å². The lowest BCUT2D eigenvalue weighted by molar-refractivity contribution is -0.132. The Bertz CT molecular complexity index is 713. The van der Waals surface area contributed by atoms with Gasteiger partial charge >= 0.3 is 0 Å². The first-order valence-corrected chi connectivity index (χ1v) is 8.43. The van der Waals surface area contributed by atoms with Crippen LogP contribution in [-0.4, -0.2) is 40.1 Å². The molecule has 27 heavy (non-hydrogen) atoms. The van der Waals surface area contributed by atoms with Crippen molar-refractivity contribution < 1.29 is 14.7 Å². The molecule has 5 N–H and O–H groups in total. The Morgan fingerprint density at radius 1 is 1.11 bits per heavy atom. The quantitative estimate of drug-likeness (QED) is 0.523. The van der Waals surface area contributed by atoms with Gasteiger partial charge in [0.1, 0.15) is 0 Å². The zero-order chi connectivity index (χ0) is 18.9. The Labute approximate surface area is 164 Å². The fraction of sp³-hybridized carbons (Fsp3) is 0.316. The second kappa shape index (κ2) is 11.3. The molecule has 2 amide bonds. The molecule has 0 fully saturated rings. The van der Waals surface area contributed by atoms with E-state index in [1.54, 1.807) is 25.3 Å². The molecule has 0 aliphatic carbocycles. The smallest absolute Gasteiger partial charge is 0.251 e. The maximum absolute atomic E-state index is 12.3. The van der Waals surface area contributed by atoms with E-state index in [1.165, 1.54) is 0 Å². The number of hydrogen-bond donors (Lipinski definition) is 4. The SMILES string of the molecule is C[C@@H](N)C(=O)NC(Cc1ccccc1)C(O)C(=O)NCc1ccccn1.Cl. The molecule has 2 aromatic rings. The van der Waals surface area contributed by atoms with Crippen molar-refractivity contribution >= 4 is 24.2 Å². The van der Waals surface area contributed by atoms with Gasteiger partial charge in [-0.25, -0.2) is 0 Å². The van der Waals surface area contributed by atoms with Crippen molar-refractivity contribution in [3.05, 3.63) is 66.0 Å². The van der Waals surface area contributed by atoms with Crippen molar-refractivity contribution in [2.24, 2.45) is 5.73 Å². The van der Waals surface area contributed by atoms with Gasteiger partial charge in [-0.2, -0.15) is 0 Å². The van der Waals surface area contributed by atoms with E-state index in [0.29, 0.717) is 12.1 Å². The average Bonchev–Trinajstić information content (AvgIpc) is 2.66. The maximum atomic E-state index is 12.3. The van der Waals surface area contributed by atoms with Crippen molar-refractivity contribution in [1.82, 2.24) is 15.6 Å². The van der Waals surface area contributed by atoms with E-state index in [1.807, 2.05) is 36.4 Å². The minimum Gasteiger partial charge on any atom is -0.381 e. The first-order chi connectivity index (χ1) is 12.5. The van der Waals surface area contributed by atoms with E-state index in [0.717, 1.165) is 5.56 Å². The predicted octanol–water partition coefficient (Wildman–Crippen LogP) is 0.555. The number of amides is 2. The van der Waals surface area contributed by atoms with E-state index in [4.69, 9.17) is 5.73 Å². The van der Waals surface area contributed by atoms with E-state index in [2.05, 4.69) is 15.6 Å². The van der Waals surface area contributed by atoms with E-state index >= 15 is 0 Å². The molecule has 0 aliphatic rings. The molecule has 7 nitrogen and oxygen atoms in total. The van der Waals surface area contributed by atoms with Crippen molar-refractivity contribution in [3.63, 3.8) is 0 Å². The first-order valence-electron chi connectivity index (χ1n) is 8.43. The molecule has 1 heterocycles. The summed E-state index contributed by atoms with van der Waals surface area (Å²) in [6.45, 7) is 1.73. The van der Waals surface area contributed by atoms with Gasteiger partial charge in [-0.1, -0.05) is 36.4 Å². The molecule has 0 aliphatic heterocycles. The number of benzene rings is 1. The minimum absolute atomic E-state index is 0. The van der Waals surface area contributed by atoms with Gasteiger partial charge in [0.2, 0.25) is 5.91 Å². The molecule has 0 spiro atoms. The Kier molecular flexibility index (Phi) is 9.42. The van der Waals surface area contributed by atoms with Crippen LogP contribution >= 0.6 is 12.4 Å². The molecule has 8 heteroatoms. The highest BCUT2D eigenvalue weighted by molar-refractivity contribution is 5.85. The highest BCUT2D eigenvalue weighted by atomic mass is 35.5. The third kappa shape index (κ3) is 7.34. The Morgan fingerprint density at radius 3 is 2.37 bits per heavy atom. The molecule has 3 atom stereocenters. The molecule has 146 valence electrons. The molecule has 2 unspecified atom stereocenters. The van der Waals surface area contributed by atoms with Crippen LogP contribution in [0.2, 0.25) is 0 Å². The van der Waals surface area contributed by atoms with Gasteiger partial charge in [0.25, 0.3) is 5.91 Å². The number of nitrogens with two attached hydrogens (primary N) is 1. The van der Waals surface area contributed by atoms with Gasteiger partial charge in [0.05, 0.1) is 24.3 Å². The molecular weight excluding hydrogens is 368 g/mol. The van der Waals surface area contributed by atoms with Gasteiger partial charge in [-0.05, 0) is 31.0 Å². The summed E-state index contributed by atoms with van der Waals surface area (Å²) in [4.78, 5) is 28.4. The lowest BCUT2D eigenvalue weighted by atomic mass is 10.00. The lowest BCUT2D eigenvalue weighted by Gasteiger charge is -2.24. The van der Waals surface area contributed by atoms with Crippen LogP contribution < -0.4 is 16.4 Å². The van der Waals surface area contributed by atoms with Crippen molar-refractivity contribution in [1.29, 1.82) is 0 Å². The molecule has 0 radical (unpaired) electrons. The van der Waals surface area contributed by atoms with Crippen LogP contribution in [0.1, 0.15) is 18.2 Å². The molecule has 1 aromatic carbocycles. The predicted molar refractivity (Wildman–Crippen MR) is 105 cm³/mol. The third-order valence-electron chi connectivity index (χ3n) is 3.86. The Morgan fingerprint density at radius 2 is 1.78 bits per heavy atom. The van der Waals surface area contributed by atoms with E-state index < -0.39 is 30.0 Å². The van der Waals surface area contributed by atoms with Crippen LogP contribution in [0, 0.1) is 0 Å². The zero-order valence-electron chi connectivity index (χ0n) is 15.0. The van der Waals surface area contributed by atoms with E-state index in [9.17, 15) is 14.7 Å². The summed E-state index contributed by atoms with van der Waals surface area (Å²) in [6.07, 6.45) is 0.512. The molecule has 0 saturated heterocycles. The number of carbonyl (C=O) groups is 2. The van der Waals surface area contributed by atoms with Crippen LogP contribution in [-0.2, 0) is 22.6 Å². The number of halogens is 1. The monoisotopic (exact) mass is 392 g/mol. The van der Waals surface area contributed by atoms with Crippen LogP contribution in [0.25, 0.3) is 0 Å². The number of nitrogens with one attached hydrogen (secondary N) is 2. The van der Waals surface area contributed by atoms with Crippen LogP contribution in [0.5, 0.6) is 0 Å². The minimum atomic E-state index is -1.42. The summed E-state index contributed by atoms with van der Waals surface area (Å²) >= 11 is 0. The number of carbonyl (C=O) groups excluding carboxylic acids is 2. The zero-order valence-corrected chi connectivity index (χ0v) is 15.9. The van der Waals surface area contributed by atoms with Gasteiger partial charge in [0, 0.05) is 6.20 Å². The fourth-order valence-corrected chi connectivity index (χ4v) is 2.39. The summed E-state index contributed by atoms with van der Waals surface area (Å²) in [5.74, 6) is -1.01. The number of nitrogens with zero attached hydrogens (tertiary/aromatic N) is 1. The maximum Gasteiger partial charge on any atom is 0.251 e. The molecular formula is C19H25ClN4O3. The molecule has 0 bridgehead atoms. The number of aromatic nitrogens is 1. The van der Waals surface area contributed by atoms with Gasteiger partial charge in [-0.15, -0.1) is 12.4 Å². The van der Waals surface area contributed by atoms with Gasteiger partial charge < -0.3 is 21.5 Å². The summed E-state index contributed by atoms with van der Waals surface area (Å²) in [7, 11) is 0. The first kappa shape index (κ1) is 22.6. The Balaban J connectivity index is 0.00000364. The topological polar surface area (TPSA) is 117 Å². The number of pyridine rings is 1. The second-order valence-corrected chi connectivity index (χ2v) is 6.08. The van der Waals surface area contributed by atoms with Crippen molar-refractivity contribution in [2.75, 3.05) is 0 Å². The lowest BCUT2D eigenvalue weighted by Crippen LogP contribution is -2.54. The number of rotatable bonds is 8. The van der Waals surface area contributed by atoms with E-state index in [-0.39, 0.29) is 19.0 Å². The van der Waals surface area contributed by atoms with Gasteiger partial charge in [-0.3, -0.25) is 14.6 Å². The highest BCUT2D eigenvalue weighted by Gasteiger charge is 2.28. The molecule has 2 rings (SSSR count). The van der Waals surface area contributed by atoms with Crippen LogP contribution in [0.4, 0.5) is 0 Å². The number of aliphatic hydroxyl groups excluding tert-OH is 1. The second-order valence-electron chi connectivity index (χ2n) is 6.08. The molecule has 0 saturated carbocycles. The average molecular weight is 393 g/mol. The van der Waals surface area contributed by atoms with Gasteiger partial charge in [0.15, 0.2) is 6.10 Å². The third-order valence-corrected chi connectivity index (χ3v) is 3.86.